The van der Waals surface area contributed by atoms with Crippen LogP contribution in [0.15, 0.2) is 30.3 Å². The summed E-state index contributed by atoms with van der Waals surface area (Å²) in [5.74, 6) is -0.337. The van der Waals surface area contributed by atoms with Crippen molar-refractivity contribution in [3.8, 4) is 0 Å². The van der Waals surface area contributed by atoms with E-state index in [-0.39, 0.29) is 23.7 Å². The van der Waals surface area contributed by atoms with Crippen LogP contribution in [0.1, 0.15) is 38.7 Å². The maximum atomic E-state index is 13.2. The Hall–Kier alpha value is -1.68. The van der Waals surface area contributed by atoms with E-state index in [1.807, 2.05) is 11.8 Å². The third-order valence-electron chi connectivity index (χ3n) is 4.84. The third kappa shape index (κ3) is 3.74. The molecule has 4 heteroatoms. The number of halogens is 1. The van der Waals surface area contributed by atoms with Gasteiger partial charge in [0.05, 0.1) is 0 Å². The number of carbonyl (C=O) groups is 1. The first-order valence-electron chi connectivity index (χ1n) is 7.84. The Bertz CT molecular complexity index is 554. The van der Waals surface area contributed by atoms with Gasteiger partial charge in [0.25, 0.3) is 0 Å². The number of allylic oxidation sites excluding steroid dienone is 1. The van der Waals surface area contributed by atoms with Gasteiger partial charge >= 0.3 is 0 Å². The summed E-state index contributed by atoms with van der Waals surface area (Å²) in [7, 11) is 0. The van der Waals surface area contributed by atoms with Gasteiger partial charge in [-0.25, -0.2) is 4.39 Å². The number of amides is 1. The summed E-state index contributed by atoms with van der Waals surface area (Å²) in [6.45, 7) is 5.42. The van der Waals surface area contributed by atoms with Crippen LogP contribution in [0.25, 0.3) is 5.57 Å². The van der Waals surface area contributed by atoms with Crippen molar-refractivity contribution >= 4 is 11.5 Å². The highest BCUT2D eigenvalue weighted by molar-refractivity contribution is 5.94. The van der Waals surface area contributed by atoms with Crippen LogP contribution in [-0.2, 0) is 4.79 Å². The standard InChI is InChI=1S/C18H24FNO2/c1-3-18(13-21)7-9-20(10-8-18)17(22)11-14(2)15-5-4-6-16(19)12-15/h4-6,11-12,21H,3,7-10,13H2,1-2H3/b14-11-. The molecule has 1 fully saturated rings. The summed E-state index contributed by atoms with van der Waals surface area (Å²) in [6, 6.07) is 6.27. The Balaban J connectivity index is 2.02. The summed E-state index contributed by atoms with van der Waals surface area (Å²) in [5, 5.41) is 9.54. The average molecular weight is 305 g/mol. The van der Waals surface area contributed by atoms with Gasteiger partial charge in [-0.05, 0) is 54.9 Å². The highest BCUT2D eigenvalue weighted by atomic mass is 19.1. The van der Waals surface area contributed by atoms with Crippen LogP contribution < -0.4 is 0 Å². The predicted octanol–water partition coefficient (Wildman–Crippen LogP) is 3.24. The average Bonchev–Trinajstić information content (AvgIpc) is 2.54. The molecule has 1 aliphatic heterocycles. The summed E-state index contributed by atoms with van der Waals surface area (Å²) in [6.07, 6.45) is 4.17. The SMILES string of the molecule is CCC1(CO)CCN(C(=O)/C=C(/C)c2cccc(F)c2)CC1. The molecule has 0 saturated carbocycles. The Morgan fingerprint density at radius 1 is 1.41 bits per heavy atom. The molecular weight excluding hydrogens is 281 g/mol. The van der Waals surface area contributed by atoms with Gasteiger partial charge < -0.3 is 10.0 Å². The first kappa shape index (κ1) is 16.7. The molecule has 0 atom stereocenters. The number of aliphatic hydroxyl groups is 1. The van der Waals surface area contributed by atoms with Crippen molar-refractivity contribution in [2.24, 2.45) is 5.41 Å². The quantitative estimate of drug-likeness (QED) is 0.868. The van der Waals surface area contributed by atoms with E-state index in [2.05, 4.69) is 6.92 Å². The molecule has 1 aromatic rings. The van der Waals surface area contributed by atoms with E-state index in [1.165, 1.54) is 12.1 Å². The van der Waals surface area contributed by atoms with Gasteiger partial charge in [-0.15, -0.1) is 0 Å². The molecule has 0 unspecified atom stereocenters. The lowest BCUT2D eigenvalue weighted by Crippen LogP contribution is -2.43. The van der Waals surface area contributed by atoms with Gasteiger partial charge in [0.1, 0.15) is 5.82 Å². The molecule has 1 saturated heterocycles. The van der Waals surface area contributed by atoms with Crippen LogP contribution in [0.5, 0.6) is 0 Å². The molecule has 0 aromatic heterocycles. The molecule has 1 aromatic carbocycles. The minimum absolute atomic E-state index is 0.0297. The van der Waals surface area contributed by atoms with Gasteiger partial charge in [-0.3, -0.25) is 4.79 Å². The number of piperidine rings is 1. The molecule has 0 radical (unpaired) electrons. The Kier molecular flexibility index (Phi) is 5.35. The fourth-order valence-electron chi connectivity index (χ4n) is 2.92. The Morgan fingerprint density at radius 3 is 2.64 bits per heavy atom. The Labute approximate surface area is 131 Å². The second kappa shape index (κ2) is 7.05. The van der Waals surface area contributed by atoms with E-state index >= 15 is 0 Å². The highest BCUT2D eigenvalue weighted by Gasteiger charge is 2.33. The maximum absolute atomic E-state index is 13.2. The summed E-state index contributed by atoms with van der Waals surface area (Å²) < 4.78 is 13.2. The molecule has 0 bridgehead atoms. The number of hydrogen-bond donors (Lipinski definition) is 1. The van der Waals surface area contributed by atoms with E-state index in [0.29, 0.717) is 13.1 Å². The van der Waals surface area contributed by atoms with Gasteiger partial charge in [-0.1, -0.05) is 19.1 Å². The summed E-state index contributed by atoms with van der Waals surface area (Å²) in [4.78, 5) is 14.2. The van der Waals surface area contributed by atoms with Crippen molar-refractivity contribution < 1.29 is 14.3 Å². The number of likely N-dealkylation sites (tertiary alicyclic amines) is 1. The minimum Gasteiger partial charge on any atom is -0.396 e. The van der Waals surface area contributed by atoms with E-state index in [9.17, 15) is 14.3 Å². The van der Waals surface area contributed by atoms with E-state index in [0.717, 1.165) is 30.4 Å². The van der Waals surface area contributed by atoms with E-state index in [1.54, 1.807) is 18.2 Å². The Morgan fingerprint density at radius 2 is 2.09 bits per heavy atom. The number of carbonyl (C=O) groups excluding carboxylic acids is 1. The first-order chi connectivity index (χ1) is 10.5. The maximum Gasteiger partial charge on any atom is 0.246 e. The fourth-order valence-corrected chi connectivity index (χ4v) is 2.92. The molecular formula is C18H24FNO2. The largest absolute Gasteiger partial charge is 0.396 e. The molecule has 1 aliphatic rings. The molecule has 2 rings (SSSR count). The zero-order valence-corrected chi connectivity index (χ0v) is 13.3. The predicted molar refractivity (Wildman–Crippen MR) is 85.7 cm³/mol. The van der Waals surface area contributed by atoms with Gasteiger partial charge in [0.15, 0.2) is 0 Å². The number of nitrogens with zero attached hydrogens (tertiary/aromatic N) is 1. The number of aliphatic hydroxyl groups excluding tert-OH is 1. The van der Waals surface area contributed by atoms with Crippen LogP contribution in [0, 0.1) is 11.2 Å². The molecule has 1 N–H and O–H groups in total. The smallest absolute Gasteiger partial charge is 0.246 e. The zero-order valence-electron chi connectivity index (χ0n) is 13.3. The number of benzene rings is 1. The van der Waals surface area contributed by atoms with Crippen molar-refractivity contribution in [1.29, 1.82) is 0 Å². The molecule has 1 heterocycles. The van der Waals surface area contributed by atoms with Crippen LogP contribution >= 0.6 is 0 Å². The van der Waals surface area contributed by atoms with Crippen LogP contribution in [-0.4, -0.2) is 35.6 Å². The van der Waals surface area contributed by atoms with Crippen LogP contribution in [0.3, 0.4) is 0 Å². The lowest BCUT2D eigenvalue weighted by molar-refractivity contribution is -0.128. The second-order valence-corrected chi connectivity index (χ2v) is 6.17. The monoisotopic (exact) mass is 305 g/mol. The van der Waals surface area contributed by atoms with Crippen molar-refractivity contribution in [2.45, 2.75) is 33.1 Å². The third-order valence-corrected chi connectivity index (χ3v) is 4.84. The molecule has 0 spiro atoms. The van der Waals surface area contributed by atoms with Crippen LogP contribution in [0.4, 0.5) is 4.39 Å². The zero-order chi connectivity index (χ0) is 16.2. The normalized spacial score (nSPS) is 18.4. The van der Waals surface area contributed by atoms with Crippen molar-refractivity contribution in [3.05, 3.63) is 41.7 Å². The first-order valence-corrected chi connectivity index (χ1v) is 7.84. The lowest BCUT2D eigenvalue weighted by atomic mass is 9.77. The van der Waals surface area contributed by atoms with Gasteiger partial charge in [0.2, 0.25) is 5.91 Å². The fraction of sp³-hybridized carbons (Fsp3) is 0.500. The molecule has 120 valence electrons. The topological polar surface area (TPSA) is 40.5 Å². The number of rotatable bonds is 4. The molecule has 3 nitrogen and oxygen atoms in total. The van der Waals surface area contributed by atoms with E-state index < -0.39 is 0 Å². The molecule has 0 aliphatic carbocycles. The van der Waals surface area contributed by atoms with Crippen molar-refractivity contribution in [1.82, 2.24) is 4.90 Å². The minimum atomic E-state index is -0.300. The van der Waals surface area contributed by atoms with Crippen LogP contribution in [0.2, 0.25) is 0 Å². The van der Waals surface area contributed by atoms with Crippen molar-refractivity contribution in [3.63, 3.8) is 0 Å². The second-order valence-electron chi connectivity index (χ2n) is 6.17. The van der Waals surface area contributed by atoms with Gasteiger partial charge in [0, 0.05) is 25.8 Å². The molecule has 22 heavy (non-hydrogen) atoms. The van der Waals surface area contributed by atoms with Gasteiger partial charge in [-0.2, -0.15) is 0 Å². The van der Waals surface area contributed by atoms with E-state index in [4.69, 9.17) is 0 Å². The summed E-state index contributed by atoms with van der Waals surface area (Å²) in [5.41, 5.74) is 1.46. The molecule has 1 amide bonds. The summed E-state index contributed by atoms with van der Waals surface area (Å²) >= 11 is 0. The van der Waals surface area contributed by atoms with Crippen molar-refractivity contribution in [2.75, 3.05) is 19.7 Å². The highest BCUT2D eigenvalue weighted by Crippen LogP contribution is 2.34. The number of hydrogen-bond acceptors (Lipinski definition) is 2. The lowest BCUT2D eigenvalue weighted by Gasteiger charge is -2.40.